The number of rotatable bonds is 2. The van der Waals surface area contributed by atoms with Crippen molar-refractivity contribution in [3.63, 3.8) is 0 Å². The topological polar surface area (TPSA) is 58.3 Å². The van der Waals surface area contributed by atoms with Gasteiger partial charge in [-0.25, -0.2) is 0 Å². The Labute approximate surface area is 55.2 Å². The molecule has 1 heterocycles. The Morgan fingerprint density at radius 3 is 3.00 bits per heavy atom. The van der Waals surface area contributed by atoms with Gasteiger partial charge in [-0.2, -0.15) is 0 Å². The van der Waals surface area contributed by atoms with E-state index in [-0.39, 0.29) is 12.6 Å². The second kappa shape index (κ2) is 3.15. The van der Waals surface area contributed by atoms with E-state index in [2.05, 4.69) is 5.32 Å². The molecule has 9 heavy (non-hydrogen) atoms. The summed E-state index contributed by atoms with van der Waals surface area (Å²) in [7, 11) is 0. The molecule has 0 spiro atoms. The van der Waals surface area contributed by atoms with Gasteiger partial charge in [-0.15, -0.1) is 0 Å². The first-order valence-corrected chi connectivity index (χ1v) is 3.41. The molecule has 2 atom stereocenters. The highest BCUT2D eigenvalue weighted by atomic mass is 16.3. The minimum absolute atomic E-state index is 0.0139. The second-order valence-electron chi connectivity index (χ2n) is 2.60. The lowest BCUT2D eigenvalue weighted by Crippen LogP contribution is -2.34. The van der Waals surface area contributed by atoms with E-state index in [1.165, 1.54) is 0 Å². The fraction of sp³-hybridized carbons (Fsp3) is 1.00. The SMILES string of the molecule is NC(CO)C1CCNC1. The molecule has 0 aromatic rings. The van der Waals surface area contributed by atoms with E-state index in [0.717, 1.165) is 19.5 Å². The van der Waals surface area contributed by atoms with Crippen LogP contribution in [0.15, 0.2) is 0 Å². The minimum atomic E-state index is -0.0139. The lowest BCUT2D eigenvalue weighted by Gasteiger charge is -2.14. The van der Waals surface area contributed by atoms with Gasteiger partial charge in [0.1, 0.15) is 0 Å². The van der Waals surface area contributed by atoms with Crippen molar-refractivity contribution >= 4 is 0 Å². The van der Waals surface area contributed by atoms with Crippen LogP contribution in [0.5, 0.6) is 0 Å². The van der Waals surface area contributed by atoms with Crippen LogP contribution in [0.3, 0.4) is 0 Å². The van der Waals surface area contributed by atoms with Crippen molar-refractivity contribution < 1.29 is 5.11 Å². The molecule has 54 valence electrons. The molecular formula is C6H14N2O. The summed E-state index contributed by atoms with van der Waals surface area (Å²) in [5.74, 6) is 0.495. The molecule has 0 aromatic carbocycles. The van der Waals surface area contributed by atoms with Crippen molar-refractivity contribution in [3.8, 4) is 0 Å². The molecule has 3 nitrogen and oxygen atoms in total. The molecule has 4 N–H and O–H groups in total. The number of aliphatic hydroxyl groups is 1. The second-order valence-corrected chi connectivity index (χ2v) is 2.60. The lowest BCUT2D eigenvalue weighted by atomic mass is 10.0. The number of hydrogen-bond acceptors (Lipinski definition) is 3. The monoisotopic (exact) mass is 130 g/mol. The normalized spacial score (nSPS) is 30.7. The predicted octanol–water partition coefficient (Wildman–Crippen LogP) is -1.08. The van der Waals surface area contributed by atoms with Crippen LogP contribution >= 0.6 is 0 Å². The van der Waals surface area contributed by atoms with E-state index in [1.807, 2.05) is 0 Å². The highest BCUT2D eigenvalue weighted by molar-refractivity contribution is 4.79. The van der Waals surface area contributed by atoms with Crippen LogP contribution in [0.4, 0.5) is 0 Å². The van der Waals surface area contributed by atoms with E-state index in [4.69, 9.17) is 10.8 Å². The molecule has 0 saturated carbocycles. The Morgan fingerprint density at radius 2 is 2.56 bits per heavy atom. The first-order valence-electron chi connectivity index (χ1n) is 3.41. The van der Waals surface area contributed by atoms with Crippen LogP contribution in [0.2, 0.25) is 0 Å². The minimum Gasteiger partial charge on any atom is -0.395 e. The van der Waals surface area contributed by atoms with E-state index in [0.29, 0.717) is 5.92 Å². The zero-order chi connectivity index (χ0) is 6.69. The third-order valence-corrected chi connectivity index (χ3v) is 1.91. The number of aliphatic hydroxyl groups excluding tert-OH is 1. The standard InChI is InChI=1S/C6H14N2O/c7-6(4-9)5-1-2-8-3-5/h5-6,8-9H,1-4,7H2. The van der Waals surface area contributed by atoms with Gasteiger partial charge in [0.2, 0.25) is 0 Å². The molecule has 0 aliphatic carbocycles. The molecule has 2 unspecified atom stereocenters. The summed E-state index contributed by atoms with van der Waals surface area (Å²) < 4.78 is 0. The van der Waals surface area contributed by atoms with E-state index >= 15 is 0 Å². The third kappa shape index (κ3) is 1.64. The third-order valence-electron chi connectivity index (χ3n) is 1.91. The zero-order valence-corrected chi connectivity index (χ0v) is 5.51. The summed E-state index contributed by atoms with van der Waals surface area (Å²) >= 11 is 0. The molecule has 1 aliphatic heterocycles. The molecule has 1 fully saturated rings. The zero-order valence-electron chi connectivity index (χ0n) is 5.51. The first kappa shape index (κ1) is 6.99. The van der Waals surface area contributed by atoms with Crippen LogP contribution in [0, 0.1) is 5.92 Å². The van der Waals surface area contributed by atoms with Gasteiger partial charge in [-0.05, 0) is 25.4 Å². The summed E-state index contributed by atoms with van der Waals surface area (Å²) in [6.07, 6.45) is 1.11. The molecule has 1 aliphatic rings. The molecule has 0 amide bonds. The van der Waals surface area contributed by atoms with Crippen LogP contribution < -0.4 is 11.1 Å². The van der Waals surface area contributed by atoms with Crippen molar-refractivity contribution in [2.24, 2.45) is 11.7 Å². The maximum Gasteiger partial charge on any atom is 0.0585 e. The highest BCUT2D eigenvalue weighted by Gasteiger charge is 2.20. The molecule has 0 bridgehead atoms. The van der Waals surface area contributed by atoms with Crippen LogP contribution in [0.1, 0.15) is 6.42 Å². The quantitative estimate of drug-likeness (QED) is 0.445. The molecule has 3 heteroatoms. The molecular weight excluding hydrogens is 116 g/mol. The van der Waals surface area contributed by atoms with Crippen molar-refractivity contribution in [1.29, 1.82) is 0 Å². The Kier molecular flexibility index (Phi) is 2.45. The maximum absolute atomic E-state index is 8.64. The van der Waals surface area contributed by atoms with Gasteiger partial charge < -0.3 is 16.2 Å². The smallest absolute Gasteiger partial charge is 0.0585 e. The summed E-state index contributed by atoms with van der Waals surface area (Å²) in [4.78, 5) is 0. The first-order chi connectivity index (χ1) is 4.34. The molecule has 1 rings (SSSR count). The summed E-state index contributed by atoms with van der Waals surface area (Å²) in [5, 5.41) is 11.8. The largest absolute Gasteiger partial charge is 0.395 e. The van der Waals surface area contributed by atoms with E-state index < -0.39 is 0 Å². The molecule has 0 radical (unpaired) electrons. The van der Waals surface area contributed by atoms with Gasteiger partial charge in [-0.3, -0.25) is 0 Å². The Bertz CT molecular complexity index is 81.1. The van der Waals surface area contributed by atoms with E-state index in [1.54, 1.807) is 0 Å². The Morgan fingerprint density at radius 1 is 1.78 bits per heavy atom. The van der Waals surface area contributed by atoms with Gasteiger partial charge in [0, 0.05) is 6.04 Å². The average molecular weight is 130 g/mol. The van der Waals surface area contributed by atoms with Crippen LogP contribution in [0.25, 0.3) is 0 Å². The van der Waals surface area contributed by atoms with Crippen molar-refractivity contribution in [2.75, 3.05) is 19.7 Å². The van der Waals surface area contributed by atoms with Gasteiger partial charge in [0.15, 0.2) is 0 Å². The predicted molar refractivity (Wildman–Crippen MR) is 36.0 cm³/mol. The fourth-order valence-corrected chi connectivity index (χ4v) is 1.19. The fourth-order valence-electron chi connectivity index (χ4n) is 1.19. The number of nitrogens with two attached hydrogens (primary N) is 1. The van der Waals surface area contributed by atoms with Crippen molar-refractivity contribution in [3.05, 3.63) is 0 Å². The summed E-state index contributed by atoms with van der Waals surface area (Å²) in [5.41, 5.74) is 5.59. The molecule has 0 aromatic heterocycles. The Balaban J connectivity index is 2.24. The molecule has 1 saturated heterocycles. The maximum atomic E-state index is 8.64. The van der Waals surface area contributed by atoms with E-state index in [9.17, 15) is 0 Å². The summed E-state index contributed by atoms with van der Waals surface area (Å²) in [6, 6.07) is -0.0139. The van der Waals surface area contributed by atoms with Gasteiger partial charge >= 0.3 is 0 Å². The van der Waals surface area contributed by atoms with Gasteiger partial charge in [0.05, 0.1) is 6.61 Å². The van der Waals surface area contributed by atoms with Crippen molar-refractivity contribution in [1.82, 2.24) is 5.32 Å². The average Bonchev–Trinajstić information content (AvgIpc) is 2.37. The Hall–Kier alpha value is -0.120. The van der Waals surface area contributed by atoms with Gasteiger partial charge in [0.25, 0.3) is 0 Å². The number of nitrogens with one attached hydrogen (secondary N) is 1. The van der Waals surface area contributed by atoms with Gasteiger partial charge in [-0.1, -0.05) is 0 Å². The highest BCUT2D eigenvalue weighted by Crippen LogP contribution is 2.09. The van der Waals surface area contributed by atoms with Crippen LogP contribution in [-0.2, 0) is 0 Å². The number of hydrogen-bond donors (Lipinski definition) is 3. The lowest BCUT2D eigenvalue weighted by molar-refractivity contribution is 0.232. The van der Waals surface area contributed by atoms with Crippen LogP contribution in [-0.4, -0.2) is 30.8 Å². The van der Waals surface area contributed by atoms with Crippen molar-refractivity contribution in [2.45, 2.75) is 12.5 Å². The summed E-state index contributed by atoms with van der Waals surface area (Å²) in [6.45, 7) is 2.15.